The van der Waals surface area contributed by atoms with Gasteiger partial charge in [-0.25, -0.2) is 5.43 Å². The molecule has 3 rings (SSSR count). The average molecular weight is 330 g/mol. The van der Waals surface area contributed by atoms with Crippen LogP contribution in [0.5, 0.6) is 0 Å². The van der Waals surface area contributed by atoms with E-state index in [1.807, 2.05) is 24.3 Å². The van der Waals surface area contributed by atoms with E-state index in [-0.39, 0.29) is 17.9 Å². The Balaban J connectivity index is 1.65. The molecule has 2 atom stereocenters. The van der Waals surface area contributed by atoms with Crippen molar-refractivity contribution in [2.45, 2.75) is 19.5 Å². The summed E-state index contributed by atoms with van der Waals surface area (Å²) in [5, 5.41) is 3.68. The van der Waals surface area contributed by atoms with Gasteiger partial charge in [0.15, 0.2) is 0 Å². The molecule has 1 aliphatic rings. The first kappa shape index (κ1) is 16.0. The maximum absolute atomic E-state index is 12.5. The van der Waals surface area contributed by atoms with Gasteiger partial charge in [-0.3, -0.25) is 10.2 Å². The number of rotatable bonds is 4. The Morgan fingerprint density at radius 2 is 2.04 bits per heavy atom. The molecule has 0 aliphatic carbocycles. The SMILES string of the molecule is Cc1ccc(C2NNCC2C(=O)NCc2cccc(Cl)c2)cc1. The van der Waals surface area contributed by atoms with Crippen LogP contribution in [0.1, 0.15) is 22.7 Å². The summed E-state index contributed by atoms with van der Waals surface area (Å²) < 4.78 is 0. The van der Waals surface area contributed by atoms with E-state index in [1.165, 1.54) is 5.56 Å². The number of hydrogen-bond acceptors (Lipinski definition) is 3. The number of hydrogen-bond donors (Lipinski definition) is 3. The van der Waals surface area contributed by atoms with Crippen molar-refractivity contribution in [2.75, 3.05) is 6.54 Å². The molecule has 5 heteroatoms. The molecule has 120 valence electrons. The molecule has 0 bridgehead atoms. The predicted octanol–water partition coefficient (Wildman–Crippen LogP) is 2.73. The van der Waals surface area contributed by atoms with Crippen molar-refractivity contribution in [3.63, 3.8) is 0 Å². The number of halogens is 1. The fourth-order valence-corrected chi connectivity index (χ4v) is 3.01. The monoisotopic (exact) mass is 329 g/mol. The maximum atomic E-state index is 12.5. The number of amides is 1. The minimum Gasteiger partial charge on any atom is -0.352 e. The quantitative estimate of drug-likeness (QED) is 0.808. The van der Waals surface area contributed by atoms with Gasteiger partial charge in [0, 0.05) is 18.1 Å². The van der Waals surface area contributed by atoms with Crippen LogP contribution >= 0.6 is 11.6 Å². The zero-order valence-corrected chi connectivity index (χ0v) is 13.7. The molecule has 0 aromatic heterocycles. The molecule has 2 aromatic carbocycles. The fraction of sp³-hybridized carbons (Fsp3) is 0.278. The van der Waals surface area contributed by atoms with Crippen LogP contribution in [0.4, 0.5) is 0 Å². The average Bonchev–Trinajstić information content (AvgIpc) is 3.03. The molecule has 0 spiro atoms. The van der Waals surface area contributed by atoms with Crippen LogP contribution in [-0.4, -0.2) is 12.5 Å². The van der Waals surface area contributed by atoms with E-state index in [1.54, 1.807) is 0 Å². The second-order valence-electron chi connectivity index (χ2n) is 5.87. The van der Waals surface area contributed by atoms with Crippen molar-refractivity contribution in [3.05, 3.63) is 70.2 Å². The number of carbonyl (C=O) groups excluding carboxylic acids is 1. The van der Waals surface area contributed by atoms with Crippen molar-refractivity contribution in [1.29, 1.82) is 0 Å². The van der Waals surface area contributed by atoms with E-state index in [9.17, 15) is 4.79 Å². The number of nitrogens with one attached hydrogen (secondary N) is 3. The molecule has 1 aliphatic heterocycles. The van der Waals surface area contributed by atoms with Gasteiger partial charge in [0.2, 0.25) is 5.91 Å². The molecule has 3 N–H and O–H groups in total. The van der Waals surface area contributed by atoms with Crippen LogP contribution in [0, 0.1) is 12.8 Å². The molecule has 0 saturated carbocycles. The van der Waals surface area contributed by atoms with Crippen LogP contribution in [0.25, 0.3) is 0 Å². The molecular weight excluding hydrogens is 310 g/mol. The Morgan fingerprint density at radius 1 is 1.26 bits per heavy atom. The minimum atomic E-state index is -0.142. The van der Waals surface area contributed by atoms with Gasteiger partial charge in [-0.2, -0.15) is 0 Å². The minimum absolute atomic E-state index is 0.0186. The molecule has 1 fully saturated rings. The zero-order valence-electron chi connectivity index (χ0n) is 13.0. The predicted molar refractivity (Wildman–Crippen MR) is 91.8 cm³/mol. The van der Waals surface area contributed by atoms with E-state index in [0.29, 0.717) is 18.1 Å². The van der Waals surface area contributed by atoms with Gasteiger partial charge in [-0.05, 0) is 30.2 Å². The summed E-state index contributed by atoms with van der Waals surface area (Å²) in [5.74, 6) is -0.107. The maximum Gasteiger partial charge on any atom is 0.226 e. The highest BCUT2D eigenvalue weighted by Gasteiger charge is 2.33. The number of hydrazine groups is 1. The lowest BCUT2D eigenvalue weighted by Crippen LogP contribution is -2.34. The molecule has 1 amide bonds. The fourth-order valence-electron chi connectivity index (χ4n) is 2.80. The van der Waals surface area contributed by atoms with Gasteiger partial charge in [0.25, 0.3) is 0 Å². The van der Waals surface area contributed by atoms with Crippen LogP contribution in [0.15, 0.2) is 48.5 Å². The van der Waals surface area contributed by atoms with Gasteiger partial charge in [-0.15, -0.1) is 0 Å². The Bertz CT molecular complexity index is 687. The lowest BCUT2D eigenvalue weighted by Gasteiger charge is -2.18. The van der Waals surface area contributed by atoms with E-state index >= 15 is 0 Å². The molecule has 23 heavy (non-hydrogen) atoms. The van der Waals surface area contributed by atoms with Crippen LogP contribution in [0.3, 0.4) is 0 Å². The molecule has 2 aromatic rings. The van der Waals surface area contributed by atoms with Gasteiger partial charge < -0.3 is 5.32 Å². The normalized spacial score (nSPS) is 20.4. The van der Waals surface area contributed by atoms with Crippen molar-refractivity contribution >= 4 is 17.5 Å². The van der Waals surface area contributed by atoms with E-state index < -0.39 is 0 Å². The standard InChI is InChI=1S/C18H20ClN3O/c1-12-5-7-14(8-6-12)17-16(11-21-22-17)18(23)20-10-13-3-2-4-15(19)9-13/h2-9,16-17,21-22H,10-11H2,1H3,(H,20,23). The smallest absolute Gasteiger partial charge is 0.226 e. The number of carbonyl (C=O) groups is 1. The van der Waals surface area contributed by atoms with Crippen LogP contribution in [0.2, 0.25) is 5.02 Å². The summed E-state index contributed by atoms with van der Waals surface area (Å²) in [6, 6.07) is 15.8. The summed E-state index contributed by atoms with van der Waals surface area (Å²) in [6.45, 7) is 3.15. The molecule has 4 nitrogen and oxygen atoms in total. The topological polar surface area (TPSA) is 53.2 Å². The Kier molecular flexibility index (Phi) is 4.96. The first-order chi connectivity index (χ1) is 11.1. The molecule has 1 heterocycles. The highest BCUT2D eigenvalue weighted by molar-refractivity contribution is 6.30. The number of aryl methyl sites for hydroxylation is 1. The molecule has 2 unspecified atom stereocenters. The summed E-state index contributed by atoms with van der Waals surface area (Å²) in [5.41, 5.74) is 9.61. The van der Waals surface area contributed by atoms with Crippen molar-refractivity contribution in [3.8, 4) is 0 Å². The Morgan fingerprint density at radius 3 is 2.78 bits per heavy atom. The second kappa shape index (κ2) is 7.13. The van der Waals surface area contributed by atoms with E-state index in [2.05, 4.69) is 47.4 Å². The lowest BCUT2D eigenvalue weighted by molar-refractivity contribution is -0.125. The van der Waals surface area contributed by atoms with Gasteiger partial charge in [-0.1, -0.05) is 53.6 Å². The second-order valence-corrected chi connectivity index (χ2v) is 6.30. The van der Waals surface area contributed by atoms with Crippen LogP contribution < -0.4 is 16.2 Å². The summed E-state index contributed by atoms with van der Waals surface area (Å²) in [7, 11) is 0. The van der Waals surface area contributed by atoms with E-state index in [0.717, 1.165) is 11.1 Å². The molecular formula is C18H20ClN3O. The van der Waals surface area contributed by atoms with E-state index in [4.69, 9.17) is 11.6 Å². The highest BCUT2D eigenvalue weighted by Crippen LogP contribution is 2.25. The highest BCUT2D eigenvalue weighted by atomic mass is 35.5. The summed E-state index contributed by atoms with van der Waals surface area (Å²) >= 11 is 5.97. The summed E-state index contributed by atoms with van der Waals surface area (Å²) in [4.78, 5) is 12.5. The van der Waals surface area contributed by atoms with Crippen molar-refractivity contribution in [2.24, 2.45) is 5.92 Å². The largest absolute Gasteiger partial charge is 0.352 e. The Labute approximate surface area is 141 Å². The third-order valence-electron chi connectivity index (χ3n) is 4.11. The third kappa shape index (κ3) is 3.91. The summed E-state index contributed by atoms with van der Waals surface area (Å²) in [6.07, 6.45) is 0. The van der Waals surface area contributed by atoms with Gasteiger partial charge in [0.1, 0.15) is 0 Å². The first-order valence-corrected chi connectivity index (χ1v) is 8.08. The third-order valence-corrected chi connectivity index (χ3v) is 4.35. The van der Waals surface area contributed by atoms with Crippen molar-refractivity contribution < 1.29 is 4.79 Å². The van der Waals surface area contributed by atoms with Gasteiger partial charge >= 0.3 is 0 Å². The molecule has 0 radical (unpaired) electrons. The lowest BCUT2D eigenvalue weighted by atomic mass is 9.93. The first-order valence-electron chi connectivity index (χ1n) is 7.70. The van der Waals surface area contributed by atoms with Crippen molar-refractivity contribution in [1.82, 2.24) is 16.2 Å². The molecule has 1 saturated heterocycles. The number of benzene rings is 2. The van der Waals surface area contributed by atoms with Crippen LogP contribution in [-0.2, 0) is 11.3 Å². The van der Waals surface area contributed by atoms with Gasteiger partial charge in [0.05, 0.1) is 12.0 Å². The Hall–Kier alpha value is -1.88. The zero-order chi connectivity index (χ0) is 16.2.